The van der Waals surface area contributed by atoms with Gasteiger partial charge in [-0.1, -0.05) is 48.5 Å². The van der Waals surface area contributed by atoms with Crippen LogP contribution in [-0.4, -0.2) is 49.9 Å². The highest BCUT2D eigenvalue weighted by atomic mass is 28.4. The minimum atomic E-state index is -1.98. The second-order valence-electron chi connectivity index (χ2n) is 11.0. The van der Waals surface area contributed by atoms with Crippen LogP contribution in [-0.2, 0) is 9.22 Å². The molecule has 2 unspecified atom stereocenters. The van der Waals surface area contributed by atoms with Gasteiger partial charge in [0.15, 0.2) is 8.32 Å². The predicted molar refractivity (Wildman–Crippen MR) is 133 cm³/mol. The first-order valence-electron chi connectivity index (χ1n) is 12.6. The van der Waals surface area contributed by atoms with Gasteiger partial charge in [-0.3, -0.25) is 9.78 Å². The Bertz CT molecular complexity index is 752. The summed E-state index contributed by atoms with van der Waals surface area (Å²) in [6.07, 6.45) is 6.71. The minimum Gasteiger partial charge on any atom is -0.490 e. The third kappa shape index (κ3) is 4.91. The molecule has 180 valence electrons. The van der Waals surface area contributed by atoms with Gasteiger partial charge in [-0.05, 0) is 54.3 Å². The van der Waals surface area contributed by atoms with Crippen LogP contribution >= 0.6 is 0 Å². The first kappa shape index (κ1) is 25.2. The van der Waals surface area contributed by atoms with Crippen LogP contribution in [0.1, 0.15) is 85.8 Å². The molecule has 6 heteroatoms. The van der Waals surface area contributed by atoms with E-state index < -0.39 is 8.32 Å². The molecule has 1 aliphatic carbocycles. The van der Waals surface area contributed by atoms with E-state index in [0.717, 1.165) is 30.2 Å². The molecule has 0 aromatic carbocycles. The highest BCUT2D eigenvalue weighted by molar-refractivity contribution is 6.77. The highest BCUT2D eigenvalue weighted by Gasteiger charge is 2.50. The van der Waals surface area contributed by atoms with Gasteiger partial charge in [0.05, 0.1) is 24.4 Å². The predicted octanol–water partition coefficient (Wildman–Crippen LogP) is 6.16. The Labute approximate surface area is 196 Å². The molecule has 32 heavy (non-hydrogen) atoms. The van der Waals surface area contributed by atoms with Crippen LogP contribution in [0.2, 0.25) is 16.6 Å². The van der Waals surface area contributed by atoms with Crippen molar-refractivity contribution in [3.63, 3.8) is 0 Å². The van der Waals surface area contributed by atoms with E-state index in [9.17, 15) is 4.79 Å². The van der Waals surface area contributed by atoms with Crippen LogP contribution in [0.25, 0.3) is 0 Å². The maximum Gasteiger partial charge on any atom is 0.234 e. The molecule has 1 saturated heterocycles. The van der Waals surface area contributed by atoms with Gasteiger partial charge in [0.1, 0.15) is 11.7 Å². The lowest BCUT2D eigenvalue weighted by Gasteiger charge is -2.48. The van der Waals surface area contributed by atoms with Gasteiger partial charge in [0, 0.05) is 19.3 Å². The molecule has 0 radical (unpaired) electrons. The van der Waals surface area contributed by atoms with E-state index in [1.807, 2.05) is 24.1 Å². The van der Waals surface area contributed by atoms with Gasteiger partial charge in [-0.15, -0.1) is 0 Å². The number of likely N-dealkylation sites (tertiary alicyclic amines) is 1. The fourth-order valence-electron chi connectivity index (χ4n) is 6.16. The Kier molecular flexibility index (Phi) is 8.08. The Hall–Kier alpha value is -1.40. The zero-order valence-corrected chi connectivity index (χ0v) is 22.4. The molecular weight excluding hydrogens is 416 g/mol. The Morgan fingerprint density at radius 2 is 1.66 bits per heavy atom. The maximum absolute atomic E-state index is 12.8. The molecular formula is C26H44N2O3Si. The van der Waals surface area contributed by atoms with E-state index >= 15 is 0 Å². The first-order chi connectivity index (χ1) is 15.1. The lowest BCUT2D eigenvalue weighted by Crippen LogP contribution is -2.61. The van der Waals surface area contributed by atoms with E-state index in [2.05, 4.69) is 53.5 Å². The van der Waals surface area contributed by atoms with Crippen molar-refractivity contribution >= 4 is 14.2 Å². The van der Waals surface area contributed by atoms with Crippen molar-refractivity contribution in [2.24, 2.45) is 5.92 Å². The summed E-state index contributed by atoms with van der Waals surface area (Å²) < 4.78 is 13.1. The molecule has 2 heterocycles. The topological polar surface area (TPSA) is 51.7 Å². The van der Waals surface area contributed by atoms with Crippen LogP contribution < -0.4 is 4.74 Å². The third-order valence-corrected chi connectivity index (χ3v) is 14.1. The molecule has 2 aliphatic rings. The quantitative estimate of drug-likeness (QED) is 0.327. The summed E-state index contributed by atoms with van der Waals surface area (Å²) in [6, 6.07) is 3.94. The van der Waals surface area contributed by atoms with Crippen molar-refractivity contribution < 1.29 is 14.0 Å². The van der Waals surface area contributed by atoms with Crippen LogP contribution in [0.15, 0.2) is 18.3 Å². The first-order valence-corrected chi connectivity index (χ1v) is 14.7. The Balaban J connectivity index is 1.73. The zero-order chi connectivity index (χ0) is 23.6. The molecule has 1 amide bonds. The number of ether oxygens (including phenoxy) is 1. The number of aromatic nitrogens is 1. The van der Waals surface area contributed by atoms with Crippen molar-refractivity contribution in [3.05, 3.63) is 24.0 Å². The normalized spacial score (nSPS) is 26.7. The van der Waals surface area contributed by atoms with Gasteiger partial charge in [-0.25, -0.2) is 0 Å². The minimum absolute atomic E-state index is 0.0314. The van der Waals surface area contributed by atoms with E-state index in [-0.39, 0.29) is 24.0 Å². The van der Waals surface area contributed by atoms with Crippen LogP contribution in [0, 0.1) is 5.92 Å². The SMILES string of the molecule is CC1CCC(Oc2ccnc(C3C(=O)N(C)C3CO[Si](C(C)C)(C(C)C)C(C)C)c2)CC1. The molecule has 0 bridgehead atoms. The zero-order valence-electron chi connectivity index (χ0n) is 21.4. The fraction of sp³-hybridized carbons (Fsp3) is 0.769. The number of carbonyl (C=O) groups is 1. The Morgan fingerprint density at radius 3 is 2.22 bits per heavy atom. The van der Waals surface area contributed by atoms with Gasteiger partial charge in [0.2, 0.25) is 5.91 Å². The molecule has 0 spiro atoms. The van der Waals surface area contributed by atoms with Crippen LogP contribution in [0.3, 0.4) is 0 Å². The average Bonchev–Trinajstić information content (AvgIpc) is 2.74. The van der Waals surface area contributed by atoms with E-state index in [4.69, 9.17) is 9.16 Å². The van der Waals surface area contributed by atoms with E-state index in [1.54, 1.807) is 6.20 Å². The van der Waals surface area contributed by atoms with Gasteiger partial charge in [-0.2, -0.15) is 0 Å². The van der Waals surface area contributed by atoms with Gasteiger partial charge in [0.25, 0.3) is 0 Å². The number of nitrogens with zero attached hydrogens (tertiary/aromatic N) is 2. The number of likely N-dealkylation sites (N-methyl/N-ethyl adjacent to an activating group) is 1. The van der Waals surface area contributed by atoms with Crippen LogP contribution in [0.4, 0.5) is 0 Å². The summed E-state index contributed by atoms with van der Waals surface area (Å²) in [6.45, 7) is 16.7. The largest absolute Gasteiger partial charge is 0.490 e. The Morgan fingerprint density at radius 1 is 1.06 bits per heavy atom. The molecule has 2 atom stereocenters. The summed E-state index contributed by atoms with van der Waals surface area (Å²) in [5.41, 5.74) is 2.38. The number of rotatable bonds is 9. The monoisotopic (exact) mass is 460 g/mol. The van der Waals surface area contributed by atoms with Crippen molar-refractivity contribution in [2.75, 3.05) is 13.7 Å². The molecule has 1 saturated carbocycles. The molecule has 5 nitrogen and oxygen atoms in total. The lowest BCUT2D eigenvalue weighted by atomic mass is 9.85. The maximum atomic E-state index is 12.8. The molecule has 1 aliphatic heterocycles. The van der Waals surface area contributed by atoms with Gasteiger partial charge >= 0.3 is 0 Å². The summed E-state index contributed by atoms with van der Waals surface area (Å²) in [5.74, 6) is 1.52. The standard InChI is InChI=1S/C26H44N2O3Si/c1-17(2)32(18(3)4,19(5)6)30-16-24-25(26(29)28(24)8)23-15-22(13-14-27-23)31-21-11-9-20(7)10-12-21/h13-15,17-21,24-25H,9-12,16H2,1-8H3. The van der Waals surface area contributed by atoms with Crippen molar-refractivity contribution in [2.45, 2.75) is 109 Å². The number of carbonyl (C=O) groups excluding carboxylic acids is 1. The molecule has 0 N–H and O–H groups in total. The highest BCUT2D eigenvalue weighted by Crippen LogP contribution is 2.44. The average molecular weight is 461 g/mol. The fourth-order valence-corrected chi connectivity index (χ4v) is 11.6. The molecule has 2 fully saturated rings. The smallest absolute Gasteiger partial charge is 0.234 e. The molecule has 1 aromatic heterocycles. The van der Waals surface area contributed by atoms with E-state index in [1.165, 1.54) is 12.8 Å². The van der Waals surface area contributed by atoms with Crippen LogP contribution in [0.5, 0.6) is 5.75 Å². The molecule has 1 aromatic rings. The number of β-lactam (4-membered cyclic amide) rings is 1. The number of hydrogen-bond acceptors (Lipinski definition) is 4. The number of hydrogen-bond donors (Lipinski definition) is 0. The summed E-state index contributed by atoms with van der Waals surface area (Å²) >= 11 is 0. The number of pyridine rings is 1. The van der Waals surface area contributed by atoms with Crippen molar-refractivity contribution in [1.82, 2.24) is 9.88 Å². The number of amides is 1. The van der Waals surface area contributed by atoms with Gasteiger partial charge < -0.3 is 14.1 Å². The second-order valence-corrected chi connectivity index (χ2v) is 16.5. The second kappa shape index (κ2) is 10.2. The lowest BCUT2D eigenvalue weighted by molar-refractivity contribution is -0.149. The third-order valence-electron chi connectivity index (χ3n) is 8.04. The van der Waals surface area contributed by atoms with E-state index in [0.29, 0.717) is 23.2 Å². The molecule has 3 rings (SSSR count). The summed E-state index contributed by atoms with van der Waals surface area (Å²) in [4.78, 5) is 19.3. The van der Waals surface area contributed by atoms with Crippen molar-refractivity contribution in [3.8, 4) is 5.75 Å². The summed E-state index contributed by atoms with van der Waals surface area (Å²) in [7, 11) is -0.0954. The summed E-state index contributed by atoms with van der Waals surface area (Å²) in [5, 5.41) is 0. The van der Waals surface area contributed by atoms with Crippen molar-refractivity contribution in [1.29, 1.82) is 0 Å².